The van der Waals surface area contributed by atoms with Crippen LogP contribution in [0.15, 0.2) is 126 Å². The first-order valence-electron chi connectivity index (χ1n) is 13.1. The number of benzene rings is 5. The van der Waals surface area contributed by atoms with Crippen molar-refractivity contribution in [3.05, 3.63) is 142 Å². The molecule has 0 aromatic heterocycles. The van der Waals surface area contributed by atoms with Crippen LogP contribution in [-0.2, 0) is 16.4 Å². The molecule has 2 N–H and O–H groups in total. The maximum absolute atomic E-state index is 13.2. The molecular formula is C33H26Cl2N2O4S. The van der Waals surface area contributed by atoms with Crippen LogP contribution in [0.2, 0.25) is 10.0 Å². The highest BCUT2D eigenvalue weighted by Crippen LogP contribution is 2.30. The third kappa shape index (κ3) is 7.31. The Labute approximate surface area is 254 Å². The van der Waals surface area contributed by atoms with Gasteiger partial charge in [0.1, 0.15) is 11.5 Å². The summed E-state index contributed by atoms with van der Waals surface area (Å²) >= 11 is 12.3. The fourth-order valence-electron chi connectivity index (χ4n) is 4.25. The molecule has 0 heterocycles. The molecule has 0 radical (unpaired) electrons. The zero-order valence-corrected chi connectivity index (χ0v) is 24.6. The van der Waals surface area contributed by atoms with Gasteiger partial charge in [-0.2, -0.15) is 0 Å². The molecule has 6 nitrogen and oxygen atoms in total. The van der Waals surface area contributed by atoms with Crippen molar-refractivity contribution in [1.82, 2.24) is 5.32 Å². The maximum atomic E-state index is 13.2. The summed E-state index contributed by atoms with van der Waals surface area (Å²) in [6, 6.07) is 35.5. The van der Waals surface area contributed by atoms with Gasteiger partial charge in [0.15, 0.2) is 0 Å². The van der Waals surface area contributed by atoms with Crippen molar-refractivity contribution in [2.45, 2.75) is 11.3 Å². The number of para-hydroxylation sites is 1. The highest BCUT2D eigenvalue weighted by atomic mass is 35.5. The van der Waals surface area contributed by atoms with Gasteiger partial charge in [0.2, 0.25) is 0 Å². The van der Waals surface area contributed by atoms with E-state index >= 15 is 0 Å². The molecule has 0 saturated heterocycles. The predicted molar refractivity (Wildman–Crippen MR) is 168 cm³/mol. The molecule has 0 unspecified atom stereocenters. The molecule has 1 amide bonds. The van der Waals surface area contributed by atoms with Gasteiger partial charge in [0, 0.05) is 11.6 Å². The quantitative estimate of drug-likeness (QED) is 0.165. The molecule has 9 heteroatoms. The normalized spacial score (nSPS) is 11.1. The number of nitrogens with one attached hydrogen (secondary N) is 2. The number of sulfonamides is 1. The standard InChI is InChI=1S/C33H26Cl2N2O4S/c34-26-14-19-31(37-42(39,40)28-17-15-27(16-18-28)41-32-9-5-4-8-30(32)35)29(22-26)33(38)36-21-20-23-10-12-25(13-11-23)24-6-2-1-3-7-24/h1-19,22,37H,20-21H2,(H,36,38). The fraction of sp³-hybridized carbons (Fsp3) is 0.0606. The zero-order valence-electron chi connectivity index (χ0n) is 22.3. The van der Waals surface area contributed by atoms with Crippen molar-refractivity contribution in [1.29, 1.82) is 0 Å². The Balaban J connectivity index is 1.23. The van der Waals surface area contributed by atoms with Crippen molar-refractivity contribution in [3.8, 4) is 22.6 Å². The van der Waals surface area contributed by atoms with E-state index in [-0.39, 0.29) is 16.1 Å². The molecule has 0 aliphatic heterocycles. The zero-order chi connectivity index (χ0) is 29.5. The highest BCUT2D eigenvalue weighted by molar-refractivity contribution is 7.92. The average molecular weight is 618 g/mol. The number of hydrogen-bond acceptors (Lipinski definition) is 4. The topological polar surface area (TPSA) is 84.5 Å². The van der Waals surface area contributed by atoms with Gasteiger partial charge in [-0.05, 0) is 77.7 Å². The molecule has 42 heavy (non-hydrogen) atoms. The first kappa shape index (κ1) is 29.2. The van der Waals surface area contributed by atoms with Gasteiger partial charge < -0.3 is 10.1 Å². The minimum Gasteiger partial charge on any atom is -0.456 e. The number of carbonyl (C=O) groups is 1. The molecule has 5 aromatic carbocycles. The van der Waals surface area contributed by atoms with E-state index < -0.39 is 15.9 Å². The fourth-order valence-corrected chi connectivity index (χ4v) is 5.67. The Hall–Kier alpha value is -4.30. The van der Waals surface area contributed by atoms with Crippen LogP contribution in [0, 0.1) is 0 Å². The van der Waals surface area contributed by atoms with E-state index in [1.807, 2.05) is 42.5 Å². The summed E-state index contributed by atoms with van der Waals surface area (Å²) in [5, 5.41) is 3.60. The van der Waals surface area contributed by atoms with Gasteiger partial charge in [-0.15, -0.1) is 0 Å². The number of rotatable bonds is 10. The van der Waals surface area contributed by atoms with Gasteiger partial charge >= 0.3 is 0 Å². The first-order chi connectivity index (χ1) is 20.3. The molecule has 0 aliphatic rings. The SMILES string of the molecule is O=C(NCCc1ccc(-c2ccccc2)cc1)c1cc(Cl)ccc1NS(=O)(=O)c1ccc(Oc2ccccc2Cl)cc1. The Morgan fingerprint density at radius 3 is 2.12 bits per heavy atom. The number of ether oxygens (including phenoxy) is 1. The second-order valence-corrected chi connectivity index (χ2v) is 11.9. The van der Waals surface area contributed by atoms with Crippen LogP contribution < -0.4 is 14.8 Å². The molecule has 0 aliphatic carbocycles. The van der Waals surface area contributed by atoms with Gasteiger partial charge in [-0.25, -0.2) is 8.42 Å². The van der Waals surface area contributed by atoms with Crippen molar-refractivity contribution in [3.63, 3.8) is 0 Å². The smallest absolute Gasteiger partial charge is 0.261 e. The third-order valence-corrected chi connectivity index (χ3v) is 8.36. The molecule has 5 aromatic rings. The van der Waals surface area contributed by atoms with Crippen LogP contribution in [0.3, 0.4) is 0 Å². The Morgan fingerprint density at radius 2 is 1.40 bits per heavy atom. The molecular weight excluding hydrogens is 591 g/mol. The van der Waals surface area contributed by atoms with E-state index in [1.54, 1.807) is 24.3 Å². The number of anilines is 1. The van der Waals surface area contributed by atoms with Crippen LogP contribution in [0.25, 0.3) is 11.1 Å². The van der Waals surface area contributed by atoms with Crippen molar-refractivity contribution < 1.29 is 17.9 Å². The van der Waals surface area contributed by atoms with Crippen LogP contribution in [0.1, 0.15) is 15.9 Å². The van der Waals surface area contributed by atoms with E-state index in [2.05, 4.69) is 22.2 Å². The minimum atomic E-state index is -4.03. The van der Waals surface area contributed by atoms with E-state index in [0.717, 1.165) is 16.7 Å². The maximum Gasteiger partial charge on any atom is 0.261 e. The van der Waals surface area contributed by atoms with Gasteiger partial charge in [0.05, 0.1) is 21.2 Å². The molecule has 212 valence electrons. The lowest BCUT2D eigenvalue weighted by Crippen LogP contribution is -2.27. The lowest BCUT2D eigenvalue weighted by atomic mass is 10.0. The summed E-state index contributed by atoms with van der Waals surface area (Å²) in [4.78, 5) is 13.1. The summed E-state index contributed by atoms with van der Waals surface area (Å²) < 4.78 is 34.6. The van der Waals surface area contributed by atoms with E-state index in [1.165, 1.54) is 42.5 Å². The van der Waals surface area contributed by atoms with Crippen LogP contribution >= 0.6 is 23.2 Å². The number of hydrogen-bond donors (Lipinski definition) is 2. The molecule has 0 atom stereocenters. The van der Waals surface area contributed by atoms with Crippen LogP contribution in [0.4, 0.5) is 5.69 Å². The molecule has 0 bridgehead atoms. The van der Waals surface area contributed by atoms with Gasteiger partial charge in [0.25, 0.3) is 15.9 Å². The van der Waals surface area contributed by atoms with E-state index in [4.69, 9.17) is 27.9 Å². The predicted octanol–water partition coefficient (Wildman–Crippen LogP) is 8.23. The lowest BCUT2D eigenvalue weighted by Gasteiger charge is -2.14. The first-order valence-corrected chi connectivity index (χ1v) is 15.3. The Morgan fingerprint density at radius 1 is 0.738 bits per heavy atom. The Bertz CT molecular complexity index is 1800. The summed E-state index contributed by atoms with van der Waals surface area (Å²) in [5.74, 6) is 0.428. The molecule has 5 rings (SSSR count). The number of halogens is 2. The number of carbonyl (C=O) groups excluding carboxylic acids is 1. The lowest BCUT2D eigenvalue weighted by molar-refractivity contribution is 0.0955. The third-order valence-electron chi connectivity index (χ3n) is 6.43. The summed E-state index contributed by atoms with van der Waals surface area (Å²) in [7, 11) is -4.03. The van der Waals surface area contributed by atoms with Gasteiger partial charge in [-0.1, -0.05) is 89.9 Å². The van der Waals surface area contributed by atoms with Crippen molar-refractivity contribution in [2.24, 2.45) is 0 Å². The summed E-state index contributed by atoms with van der Waals surface area (Å²) in [6.45, 7) is 0.356. The van der Waals surface area contributed by atoms with E-state index in [9.17, 15) is 13.2 Å². The van der Waals surface area contributed by atoms with Crippen molar-refractivity contribution >= 4 is 44.8 Å². The summed E-state index contributed by atoms with van der Waals surface area (Å²) in [6.07, 6.45) is 0.602. The monoisotopic (exact) mass is 616 g/mol. The number of amides is 1. The second-order valence-electron chi connectivity index (χ2n) is 9.37. The van der Waals surface area contributed by atoms with Crippen LogP contribution in [-0.4, -0.2) is 20.9 Å². The largest absolute Gasteiger partial charge is 0.456 e. The molecule has 0 saturated carbocycles. The van der Waals surface area contributed by atoms with E-state index in [0.29, 0.717) is 34.5 Å². The second kappa shape index (κ2) is 13.1. The molecule has 0 fully saturated rings. The minimum absolute atomic E-state index is 0.00531. The highest BCUT2D eigenvalue weighted by Gasteiger charge is 2.20. The average Bonchev–Trinajstić information content (AvgIpc) is 3.00. The molecule has 0 spiro atoms. The Kier molecular flexibility index (Phi) is 9.12. The van der Waals surface area contributed by atoms with Gasteiger partial charge in [-0.3, -0.25) is 9.52 Å². The van der Waals surface area contributed by atoms with Crippen LogP contribution in [0.5, 0.6) is 11.5 Å². The summed E-state index contributed by atoms with van der Waals surface area (Å²) in [5.41, 5.74) is 3.53. The van der Waals surface area contributed by atoms with Crippen molar-refractivity contribution in [2.75, 3.05) is 11.3 Å².